The topological polar surface area (TPSA) is 24.4 Å². The van der Waals surface area contributed by atoms with E-state index in [1.54, 1.807) is 0 Å². The molecule has 1 aliphatic rings. The molecular formula is C16H16N2. The number of benzene rings is 2. The van der Waals surface area contributed by atoms with Crippen molar-refractivity contribution in [3.8, 4) is 0 Å². The van der Waals surface area contributed by atoms with Crippen LogP contribution in [0.25, 0.3) is 6.58 Å². The molecule has 3 rings (SSSR count). The first-order chi connectivity index (χ1) is 8.76. The molecule has 0 aliphatic carbocycles. The summed E-state index contributed by atoms with van der Waals surface area (Å²) in [7, 11) is 0. The molecule has 1 N–H and O–H groups in total. The lowest BCUT2D eigenvalue weighted by Crippen LogP contribution is -2.16. The van der Waals surface area contributed by atoms with Crippen LogP contribution in [0.4, 0.5) is 17.1 Å². The highest BCUT2D eigenvalue weighted by atomic mass is 15.0. The van der Waals surface area contributed by atoms with Gasteiger partial charge in [0.05, 0.1) is 22.4 Å². The van der Waals surface area contributed by atoms with Gasteiger partial charge >= 0.3 is 0 Å². The quantitative estimate of drug-likeness (QED) is 0.726. The first-order valence-electron chi connectivity index (χ1n) is 6.34. The van der Waals surface area contributed by atoms with Gasteiger partial charge in [-0.3, -0.25) is 0 Å². The lowest BCUT2D eigenvalue weighted by Gasteiger charge is -2.16. The average molecular weight is 236 g/mol. The van der Waals surface area contributed by atoms with Crippen molar-refractivity contribution in [3.63, 3.8) is 0 Å². The van der Waals surface area contributed by atoms with Gasteiger partial charge in [-0.25, -0.2) is 4.99 Å². The minimum atomic E-state index is 0.984. The Morgan fingerprint density at radius 3 is 2.83 bits per heavy atom. The molecule has 0 amide bonds. The predicted octanol–water partition coefficient (Wildman–Crippen LogP) is 3.06. The van der Waals surface area contributed by atoms with Crippen molar-refractivity contribution in [1.82, 2.24) is 0 Å². The first-order valence-corrected chi connectivity index (χ1v) is 6.34. The van der Waals surface area contributed by atoms with Crippen molar-refractivity contribution in [2.45, 2.75) is 19.8 Å². The van der Waals surface area contributed by atoms with Gasteiger partial charge in [0.1, 0.15) is 0 Å². The van der Waals surface area contributed by atoms with E-state index in [2.05, 4.69) is 42.0 Å². The van der Waals surface area contributed by atoms with Gasteiger partial charge in [0.2, 0.25) is 0 Å². The Morgan fingerprint density at radius 2 is 2.00 bits per heavy atom. The number of hydrogen-bond acceptors (Lipinski definition) is 2. The summed E-state index contributed by atoms with van der Waals surface area (Å²) in [5.41, 5.74) is 4.51. The third-order valence-electron chi connectivity index (χ3n) is 3.17. The molecule has 2 aromatic carbocycles. The molecule has 0 bridgehead atoms. The lowest BCUT2D eigenvalue weighted by atomic mass is 10.1. The largest absolute Gasteiger partial charge is 0.352 e. The van der Waals surface area contributed by atoms with Crippen LogP contribution in [0.15, 0.2) is 41.4 Å². The van der Waals surface area contributed by atoms with Gasteiger partial charge in [-0.15, -0.1) is 0 Å². The lowest BCUT2D eigenvalue weighted by molar-refractivity contribution is 0.922. The number of rotatable bonds is 2. The molecule has 0 aromatic heterocycles. The highest BCUT2D eigenvalue weighted by Crippen LogP contribution is 2.30. The van der Waals surface area contributed by atoms with E-state index in [0.29, 0.717) is 0 Å². The standard InChI is InChI=1S/C16H16N2/c1-3-4-12-6-8-14-16(10-12)18-15-9-11(2)5-7-13(15)17-14/h5-10,18H,2-4H2,1H3. The maximum atomic E-state index is 4.66. The van der Waals surface area contributed by atoms with Crippen molar-refractivity contribution in [1.29, 1.82) is 0 Å². The van der Waals surface area contributed by atoms with Gasteiger partial charge in [0, 0.05) is 0 Å². The summed E-state index contributed by atoms with van der Waals surface area (Å²) in [5.74, 6) is 0. The molecule has 0 saturated carbocycles. The van der Waals surface area contributed by atoms with Crippen molar-refractivity contribution >= 4 is 23.6 Å². The minimum Gasteiger partial charge on any atom is -0.352 e. The fraction of sp³-hybridized carbons (Fsp3) is 0.188. The molecule has 0 saturated heterocycles. The number of anilines is 2. The normalized spacial score (nSPS) is 12.1. The third-order valence-corrected chi connectivity index (χ3v) is 3.17. The number of aryl methyl sites for hydroxylation is 1. The highest BCUT2D eigenvalue weighted by Gasteiger charge is 2.09. The molecular weight excluding hydrogens is 220 g/mol. The second kappa shape index (κ2) is 4.30. The van der Waals surface area contributed by atoms with Gasteiger partial charge in [-0.05, 0) is 41.5 Å². The SMILES string of the molecule is C=c1ccc2c(c1)Nc1cc(CCC)ccc1N=2. The minimum absolute atomic E-state index is 0.984. The molecule has 0 fully saturated rings. The van der Waals surface area contributed by atoms with Crippen LogP contribution in [-0.2, 0) is 6.42 Å². The molecule has 1 heterocycles. The van der Waals surface area contributed by atoms with Crippen LogP contribution >= 0.6 is 0 Å². The van der Waals surface area contributed by atoms with Crippen LogP contribution in [0.1, 0.15) is 18.9 Å². The zero-order chi connectivity index (χ0) is 12.5. The maximum absolute atomic E-state index is 4.66. The maximum Gasteiger partial charge on any atom is 0.0873 e. The van der Waals surface area contributed by atoms with E-state index in [0.717, 1.165) is 40.5 Å². The molecule has 18 heavy (non-hydrogen) atoms. The Bertz CT molecular complexity index is 702. The van der Waals surface area contributed by atoms with Crippen LogP contribution in [-0.4, -0.2) is 0 Å². The van der Waals surface area contributed by atoms with Crippen molar-refractivity contribution in [3.05, 3.63) is 52.5 Å². The molecule has 0 spiro atoms. The van der Waals surface area contributed by atoms with E-state index in [4.69, 9.17) is 0 Å². The van der Waals surface area contributed by atoms with Gasteiger partial charge in [-0.2, -0.15) is 0 Å². The monoisotopic (exact) mass is 236 g/mol. The van der Waals surface area contributed by atoms with E-state index in [9.17, 15) is 0 Å². The zero-order valence-electron chi connectivity index (χ0n) is 10.5. The number of fused-ring (bicyclic) bond motifs is 2. The molecule has 0 unspecified atom stereocenters. The smallest absolute Gasteiger partial charge is 0.0873 e. The molecule has 90 valence electrons. The van der Waals surface area contributed by atoms with Crippen molar-refractivity contribution in [2.75, 3.05) is 5.32 Å². The Hall–Kier alpha value is -2.09. The third kappa shape index (κ3) is 1.90. The van der Waals surface area contributed by atoms with E-state index in [1.165, 1.54) is 5.56 Å². The van der Waals surface area contributed by atoms with Gasteiger partial charge in [0.25, 0.3) is 0 Å². The molecule has 0 radical (unpaired) electrons. The molecule has 2 aromatic rings. The molecule has 0 atom stereocenters. The second-order valence-corrected chi connectivity index (χ2v) is 4.69. The second-order valence-electron chi connectivity index (χ2n) is 4.69. The predicted molar refractivity (Wildman–Crippen MR) is 76.1 cm³/mol. The van der Waals surface area contributed by atoms with Crippen LogP contribution in [0.2, 0.25) is 0 Å². The Labute approximate surface area is 107 Å². The highest BCUT2D eigenvalue weighted by molar-refractivity contribution is 5.75. The number of nitrogens with zero attached hydrogens (tertiary/aromatic N) is 1. The van der Waals surface area contributed by atoms with E-state index >= 15 is 0 Å². The van der Waals surface area contributed by atoms with Crippen molar-refractivity contribution in [2.24, 2.45) is 4.99 Å². The number of nitrogens with one attached hydrogen (secondary N) is 1. The van der Waals surface area contributed by atoms with Gasteiger partial charge in [-0.1, -0.05) is 32.1 Å². The van der Waals surface area contributed by atoms with Crippen LogP contribution in [0.3, 0.4) is 0 Å². The fourth-order valence-electron chi connectivity index (χ4n) is 2.28. The summed E-state index contributed by atoms with van der Waals surface area (Å²) in [5, 5.41) is 5.44. The molecule has 2 nitrogen and oxygen atoms in total. The molecule has 2 heteroatoms. The zero-order valence-corrected chi connectivity index (χ0v) is 10.5. The Balaban J connectivity index is 2.12. The summed E-state index contributed by atoms with van der Waals surface area (Å²) in [6, 6.07) is 12.5. The van der Waals surface area contributed by atoms with Gasteiger partial charge in [0.15, 0.2) is 0 Å². The van der Waals surface area contributed by atoms with E-state index < -0.39 is 0 Å². The van der Waals surface area contributed by atoms with Crippen LogP contribution < -0.4 is 15.9 Å². The number of hydrogen-bond donors (Lipinski definition) is 1. The summed E-state index contributed by atoms with van der Waals surface area (Å²) >= 11 is 0. The summed E-state index contributed by atoms with van der Waals surface area (Å²) in [6.45, 7) is 6.15. The summed E-state index contributed by atoms with van der Waals surface area (Å²) in [6.07, 6.45) is 2.27. The van der Waals surface area contributed by atoms with E-state index in [1.807, 2.05) is 18.2 Å². The van der Waals surface area contributed by atoms with E-state index in [-0.39, 0.29) is 0 Å². The van der Waals surface area contributed by atoms with Crippen LogP contribution in [0.5, 0.6) is 0 Å². The first kappa shape index (κ1) is 11.0. The average Bonchev–Trinajstić information content (AvgIpc) is 2.36. The molecule has 1 aliphatic heterocycles. The summed E-state index contributed by atoms with van der Waals surface area (Å²) < 4.78 is 0. The van der Waals surface area contributed by atoms with Crippen molar-refractivity contribution < 1.29 is 0 Å². The fourth-order valence-corrected chi connectivity index (χ4v) is 2.28. The Kier molecular flexibility index (Phi) is 2.63. The Morgan fingerprint density at radius 1 is 1.11 bits per heavy atom. The summed E-state index contributed by atoms with van der Waals surface area (Å²) in [4.78, 5) is 4.66. The van der Waals surface area contributed by atoms with Crippen LogP contribution in [0, 0.1) is 0 Å². The van der Waals surface area contributed by atoms with Gasteiger partial charge < -0.3 is 5.32 Å².